The summed E-state index contributed by atoms with van der Waals surface area (Å²) in [5.41, 5.74) is 0.930. The first-order chi connectivity index (χ1) is 9.88. The summed E-state index contributed by atoms with van der Waals surface area (Å²) in [6.45, 7) is 8.30. The van der Waals surface area contributed by atoms with Gasteiger partial charge in [0.1, 0.15) is 0 Å². The standard InChI is InChI=1S/C19H36N2/c1-6-18(2,3)21(5)13-17(20-4)19-10-14-7-15(11-19)9-16(8-14)12-19/h14-17,20H,6-13H2,1-5H3. The molecule has 2 heteroatoms. The fraction of sp³-hybridized carbons (Fsp3) is 1.00. The lowest BCUT2D eigenvalue weighted by Crippen LogP contribution is -2.59. The molecule has 0 amide bonds. The van der Waals surface area contributed by atoms with Crippen LogP contribution in [0.2, 0.25) is 0 Å². The van der Waals surface area contributed by atoms with E-state index in [1.165, 1.54) is 32.2 Å². The Morgan fingerprint density at radius 3 is 1.95 bits per heavy atom. The molecule has 4 bridgehead atoms. The average molecular weight is 293 g/mol. The van der Waals surface area contributed by atoms with E-state index in [1.807, 2.05) is 0 Å². The number of rotatable bonds is 6. The van der Waals surface area contributed by atoms with Crippen molar-refractivity contribution in [2.45, 2.75) is 77.3 Å². The summed E-state index contributed by atoms with van der Waals surface area (Å²) < 4.78 is 0. The fourth-order valence-corrected chi connectivity index (χ4v) is 5.99. The highest BCUT2D eigenvalue weighted by molar-refractivity contribution is 5.06. The van der Waals surface area contributed by atoms with Gasteiger partial charge in [-0.15, -0.1) is 0 Å². The van der Waals surface area contributed by atoms with Gasteiger partial charge in [0, 0.05) is 18.1 Å². The van der Waals surface area contributed by atoms with Crippen molar-refractivity contribution in [3.63, 3.8) is 0 Å². The zero-order valence-corrected chi connectivity index (χ0v) is 14.9. The molecule has 4 saturated carbocycles. The average Bonchev–Trinajstić information content (AvgIpc) is 2.42. The van der Waals surface area contributed by atoms with Gasteiger partial charge in [-0.2, -0.15) is 0 Å². The van der Waals surface area contributed by atoms with E-state index in [0.717, 1.165) is 17.8 Å². The number of likely N-dealkylation sites (N-methyl/N-ethyl adjacent to an activating group) is 2. The lowest BCUT2D eigenvalue weighted by atomic mass is 9.47. The number of hydrogen-bond acceptors (Lipinski definition) is 2. The normalized spacial score (nSPS) is 40.0. The first-order valence-corrected chi connectivity index (χ1v) is 9.27. The van der Waals surface area contributed by atoms with Gasteiger partial charge in [-0.25, -0.2) is 0 Å². The molecule has 0 radical (unpaired) electrons. The fourth-order valence-electron chi connectivity index (χ4n) is 5.99. The van der Waals surface area contributed by atoms with Crippen LogP contribution in [-0.2, 0) is 0 Å². The van der Waals surface area contributed by atoms with Crippen molar-refractivity contribution in [2.75, 3.05) is 20.6 Å². The quantitative estimate of drug-likeness (QED) is 0.798. The summed E-state index contributed by atoms with van der Waals surface area (Å²) in [5, 5.41) is 3.74. The van der Waals surface area contributed by atoms with Crippen LogP contribution in [0.25, 0.3) is 0 Å². The van der Waals surface area contributed by atoms with Gasteiger partial charge in [0.05, 0.1) is 0 Å². The number of hydrogen-bond donors (Lipinski definition) is 1. The maximum absolute atomic E-state index is 3.74. The Morgan fingerprint density at radius 2 is 1.57 bits per heavy atom. The van der Waals surface area contributed by atoms with Crippen LogP contribution in [0, 0.1) is 23.2 Å². The third-order valence-electron chi connectivity index (χ3n) is 7.53. The van der Waals surface area contributed by atoms with Gasteiger partial charge in [-0.3, -0.25) is 4.90 Å². The molecule has 21 heavy (non-hydrogen) atoms. The summed E-state index contributed by atoms with van der Waals surface area (Å²) in [5.74, 6) is 3.16. The van der Waals surface area contributed by atoms with Crippen LogP contribution in [0.3, 0.4) is 0 Å². The molecule has 0 aromatic rings. The maximum Gasteiger partial charge on any atom is 0.0248 e. The van der Waals surface area contributed by atoms with Crippen LogP contribution in [0.5, 0.6) is 0 Å². The molecule has 0 saturated heterocycles. The van der Waals surface area contributed by atoms with Gasteiger partial charge >= 0.3 is 0 Å². The third kappa shape index (κ3) is 2.79. The lowest BCUT2D eigenvalue weighted by Gasteiger charge is -2.60. The van der Waals surface area contributed by atoms with Crippen LogP contribution in [-0.4, -0.2) is 37.1 Å². The number of nitrogens with one attached hydrogen (secondary N) is 1. The first kappa shape index (κ1) is 15.8. The monoisotopic (exact) mass is 292 g/mol. The van der Waals surface area contributed by atoms with Crippen LogP contribution in [0.4, 0.5) is 0 Å². The topological polar surface area (TPSA) is 15.3 Å². The molecule has 0 heterocycles. The van der Waals surface area contributed by atoms with Crippen molar-refractivity contribution >= 4 is 0 Å². The molecule has 4 rings (SSSR count). The van der Waals surface area contributed by atoms with Crippen LogP contribution in [0.1, 0.15) is 65.7 Å². The Hall–Kier alpha value is -0.0800. The van der Waals surface area contributed by atoms with Gasteiger partial charge in [-0.05, 0) is 96.1 Å². The van der Waals surface area contributed by atoms with E-state index in [0.29, 0.717) is 17.0 Å². The van der Waals surface area contributed by atoms with E-state index < -0.39 is 0 Å². The molecule has 0 aliphatic heterocycles. The molecule has 2 nitrogen and oxygen atoms in total. The molecule has 0 aromatic heterocycles. The molecular formula is C19H36N2. The summed E-state index contributed by atoms with van der Waals surface area (Å²) in [6, 6.07) is 0.682. The minimum absolute atomic E-state index is 0.317. The van der Waals surface area contributed by atoms with Crippen molar-refractivity contribution in [1.82, 2.24) is 10.2 Å². The molecule has 1 atom stereocenters. The Bertz CT molecular complexity index is 338. The molecule has 1 N–H and O–H groups in total. The van der Waals surface area contributed by atoms with Crippen LogP contribution in [0.15, 0.2) is 0 Å². The predicted octanol–water partition coefficient (Wildman–Crippen LogP) is 3.91. The van der Waals surface area contributed by atoms with E-state index >= 15 is 0 Å². The molecule has 4 aliphatic carbocycles. The van der Waals surface area contributed by atoms with E-state index in [1.54, 1.807) is 19.3 Å². The Kier molecular flexibility index (Phi) is 4.16. The molecule has 0 aromatic carbocycles. The SMILES string of the molecule is CCC(C)(C)N(C)CC(NC)C12CC3CC(CC(C3)C1)C2. The Labute approximate surface area is 132 Å². The van der Waals surface area contributed by atoms with Gasteiger partial charge in [0.15, 0.2) is 0 Å². The van der Waals surface area contributed by atoms with Crippen molar-refractivity contribution in [1.29, 1.82) is 0 Å². The van der Waals surface area contributed by atoms with Crippen molar-refractivity contribution < 1.29 is 0 Å². The van der Waals surface area contributed by atoms with E-state index in [2.05, 4.69) is 45.1 Å². The third-order valence-corrected chi connectivity index (χ3v) is 7.53. The molecule has 122 valence electrons. The Balaban J connectivity index is 1.74. The first-order valence-electron chi connectivity index (χ1n) is 9.27. The highest BCUT2D eigenvalue weighted by atomic mass is 15.2. The second-order valence-electron chi connectivity index (χ2n) is 9.17. The van der Waals surface area contributed by atoms with E-state index in [-0.39, 0.29) is 0 Å². The van der Waals surface area contributed by atoms with E-state index in [4.69, 9.17) is 0 Å². The minimum atomic E-state index is 0.317. The van der Waals surface area contributed by atoms with Crippen molar-refractivity contribution in [3.05, 3.63) is 0 Å². The zero-order valence-electron chi connectivity index (χ0n) is 14.9. The van der Waals surface area contributed by atoms with Crippen molar-refractivity contribution in [3.8, 4) is 0 Å². The van der Waals surface area contributed by atoms with Gasteiger partial charge < -0.3 is 5.32 Å². The van der Waals surface area contributed by atoms with Crippen LogP contribution < -0.4 is 5.32 Å². The predicted molar refractivity (Wildman–Crippen MR) is 90.5 cm³/mol. The molecule has 4 aliphatic rings. The molecular weight excluding hydrogens is 256 g/mol. The van der Waals surface area contributed by atoms with E-state index in [9.17, 15) is 0 Å². The molecule has 1 unspecified atom stereocenters. The number of nitrogens with zero attached hydrogens (tertiary/aromatic N) is 1. The summed E-state index contributed by atoms with van der Waals surface area (Å²) in [6.07, 6.45) is 10.4. The minimum Gasteiger partial charge on any atom is -0.315 e. The molecule has 0 spiro atoms. The lowest BCUT2D eigenvalue weighted by molar-refractivity contribution is -0.0802. The largest absolute Gasteiger partial charge is 0.315 e. The Morgan fingerprint density at radius 1 is 1.10 bits per heavy atom. The second kappa shape index (κ2) is 5.53. The summed E-state index contributed by atoms with van der Waals surface area (Å²) in [4.78, 5) is 2.60. The second-order valence-corrected chi connectivity index (χ2v) is 9.17. The van der Waals surface area contributed by atoms with Crippen LogP contribution >= 0.6 is 0 Å². The maximum atomic E-state index is 3.74. The van der Waals surface area contributed by atoms with Gasteiger partial charge in [-0.1, -0.05) is 6.92 Å². The van der Waals surface area contributed by atoms with Gasteiger partial charge in [0.25, 0.3) is 0 Å². The summed E-state index contributed by atoms with van der Waals surface area (Å²) >= 11 is 0. The smallest absolute Gasteiger partial charge is 0.0248 e. The van der Waals surface area contributed by atoms with Gasteiger partial charge in [0.2, 0.25) is 0 Å². The highest BCUT2D eigenvalue weighted by Gasteiger charge is 2.54. The summed E-state index contributed by atoms with van der Waals surface area (Å²) in [7, 11) is 4.53. The zero-order chi connectivity index (χ0) is 15.3. The van der Waals surface area contributed by atoms with Crippen molar-refractivity contribution in [2.24, 2.45) is 23.2 Å². The molecule has 4 fully saturated rings. The highest BCUT2D eigenvalue weighted by Crippen LogP contribution is 2.61.